The zero-order valence-electron chi connectivity index (χ0n) is 12.9. The van der Waals surface area contributed by atoms with E-state index in [1.54, 1.807) is 0 Å². The van der Waals surface area contributed by atoms with Crippen LogP contribution in [0.2, 0.25) is 0 Å². The lowest BCUT2D eigenvalue weighted by Crippen LogP contribution is -2.65. The lowest BCUT2D eigenvalue weighted by Gasteiger charge is -2.42. The third kappa shape index (κ3) is 3.71. The highest BCUT2D eigenvalue weighted by Crippen LogP contribution is 2.22. The molecule has 4 nitrogen and oxygen atoms in total. The lowest BCUT2D eigenvalue weighted by atomic mass is 9.95. The van der Waals surface area contributed by atoms with E-state index in [1.807, 2.05) is 18.7 Å². The van der Waals surface area contributed by atoms with Crippen molar-refractivity contribution in [2.75, 3.05) is 0 Å². The fraction of sp³-hybridized carbons (Fsp3) is 0.867. The summed E-state index contributed by atoms with van der Waals surface area (Å²) in [5.74, 6) is 0.518. The molecular formula is C15H28N2O2. The van der Waals surface area contributed by atoms with E-state index < -0.39 is 0 Å². The van der Waals surface area contributed by atoms with E-state index in [-0.39, 0.29) is 29.9 Å². The Morgan fingerprint density at radius 1 is 1.21 bits per heavy atom. The summed E-state index contributed by atoms with van der Waals surface area (Å²) >= 11 is 0. The summed E-state index contributed by atoms with van der Waals surface area (Å²) in [6.45, 7) is 10.3. The minimum absolute atomic E-state index is 0.0207. The summed E-state index contributed by atoms with van der Waals surface area (Å²) in [5, 5.41) is 2.91. The molecule has 1 saturated heterocycles. The number of hydrogen-bond donors (Lipinski definition) is 1. The highest BCUT2D eigenvalue weighted by atomic mass is 16.2. The molecule has 0 aliphatic carbocycles. The van der Waals surface area contributed by atoms with Gasteiger partial charge in [0.15, 0.2) is 0 Å². The minimum Gasteiger partial charge on any atom is -0.342 e. The average Bonchev–Trinajstić information content (AvgIpc) is 2.34. The van der Waals surface area contributed by atoms with Crippen molar-refractivity contribution in [1.29, 1.82) is 0 Å². The second-order valence-corrected chi connectivity index (χ2v) is 6.00. The van der Waals surface area contributed by atoms with E-state index in [4.69, 9.17) is 0 Å². The highest BCUT2D eigenvalue weighted by Gasteiger charge is 2.41. The fourth-order valence-electron chi connectivity index (χ4n) is 2.69. The zero-order chi connectivity index (χ0) is 14.6. The molecule has 1 aliphatic rings. The highest BCUT2D eigenvalue weighted by molar-refractivity contribution is 5.97. The van der Waals surface area contributed by atoms with Gasteiger partial charge in [-0.3, -0.25) is 9.59 Å². The Labute approximate surface area is 116 Å². The molecule has 4 heteroatoms. The molecule has 0 aromatic rings. The Balaban J connectivity index is 2.94. The van der Waals surface area contributed by atoms with Crippen molar-refractivity contribution < 1.29 is 9.59 Å². The van der Waals surface area contributed by atoms with Gasteiger partial charge in [0.25, 0.3) is 0 Å². The number of amides is 2. The van der Waals surface area contributed by atoms with Crippen molar-refractivity contribution in [3.63, 3.8) is 0 Å². The lowest BCUT2D eigenvalue weighted by molar-refractivity contribution is -0.152. The van der Waals surface area contributed by atoms with Crippen LogP contribution >= 0.6 is 0 Å². The Hall–Kier alpha value is -1.06. The maximum absolute atomic E-state index is 12.6. The molecule has 1 fully saturated rings. The molecule has 0 aromatic carbocycles. The summed E-state index contributed by atoms with van der Waals surface area (Å²) in [7, 11) is 0. The largest absolute Gasteiger partial charge is 0.342 e. The molecule has 1 heterocycles. The Morgan fingerprint density at radius 2 is 1.84 bits per heavy atom. The van der Waals surface area contributed by atoms with Crippen LogP contribution in [0.5, 0.6) is 0 Å². The molecule has 0 aromatic heterocycles. The van der Waals surface area contributed by atoms with Gasteiger partial charge in [-0.05, 0) is 32.1 Å². The zero-order valence-corrected chi connectivity index (χ0v) is 12.9. The molecule has 0 radical (unpaired) electrons. The molecule has 1 N–H and O–H groups in total. The summed E-state index contributed by atoms with van der Waals surface area (Å²) in [5.41, 5.74) is 0. The monoisotopic (exact) mass is 268 g/mol. The number of carbonyl (C=O) groups excluding carboxylic acids is 2. The van der Waals surface area contributed by atoms with Crippen LogP contribution in [0, 0.1) is 5.92 Å². The number of hydrogen-bond acceptors (Lipinski definition) is 2. The van der Waals surface area contributed by atoms with Crippen LogP contribution in [-0.2, 0) is 9.59 Å². The second kappa shape index (κ2) is 6.92. The molecule has 3 atom stereocenters. The molecule has 19 heavy (non-hydrogen) atoms. The maximum atomic E-state index is 12.6. The van der Waals surface area contributed by atoms with Gasteiger partial charge in [0.2, 0.25) is 11.8 Å². The third-order valence-corrected chi connectivity index (χ3v) is 3.84. The number of piperazine rings is 1. The van der Waals surface area contributed by atoms with Crippen molar-refractivity contribution in [1.82, 2.24) is 10.2 Å². The topological polar surface area (TPSA) is 49.4 Å². The summed E-state index contributed by atoms with van der Waals surface area (Å²) in [6.07, 6.45) is 3.26. The quantitative estimate of drug-likeness (QED) is 0.803. The van der Waals surface area contributed by atoms with Gasteiger partial charge in [-0.1, -0.05) is 34.1 Å². The Bertz CT molecular complexity index is 328. The van der Waals surface area contributed by atoms with Crippen LogP contribution < -0.4 is 5.32 Å². The van der Waals surface area contributed by atoms with E-state index >= 15 is 0 Å². The van der Waals surface area contributed by atoms with Crippen LogP contribution in [0.25, 0.3) is 0 Å². The third-order valence-electron chi connectivity index (χ3n) is 3.84. The standard InChI is InChI=1S/C15H28N2O2/c1-6-8-13-14(18)16-12(9-10(3)4)15(19)17(13)11(5)7-2/h10-13H,6-9H2,1-5H3,(H,16,18). The van der Waals surface area contributed by atoms with Gasteiger partial charge < -0.3 is 10.2 Å². The molecule has 3 unspecified atom stereocenters. The Kier molecular flexibility index (Phi) is 5.83. The smallest absolute Gasteiger partial charge is 0.246 e. The number of carbonyl (C=O) groups is 2. The SMILES string of the molecule is CCCC1C(=O)NC(CC(C)C)C(=O)N1C(C)CC. The number of nitrogens with zero attached hydrogens (tertiary/aromatic N) is 1. The molecule has 0 bridgehead atoms. The van der Waals surface area contributed by atoms with Crippen LogP contribution in [-0.4, -0.2) is 34.8 Å². The van der Waals surface area contributed by atoms with Gasteiger partial charge in [0.05, 0.1) is 0 Å². The van der Waals surface area contributed by atoms with Gasteiger partial charge in [0, 0.05) is 6.04 Å². The summed E-state index contributed by atoms with van der Waals surface area (Å²) < 4.78 is 0. The first-order valence-electron chi connectivity index (χ1n) is 7.54. The van der Waals surface area contributed by atoms with Crippen LogP contribution in [0.1, 0.15) is 60.3 Å². The van der Waals surface area contributed by atoms with Gasteiger partial charge in [-0.15, -0.1) is 0 Å². The van der Waals surface area contributed by atoms with Crippen molar-refractivity contribution in [3.05, 3.63) is 0 Å². The molecule has 2 amide bonds. The Morgan fingerprint density at radius 3 is 2.32 bits per heavy atom. The molecule has 0 saturated carbocycles. The van der Waals surface area contributed by atoms with Crippen molar-refractivity contribution in [3.8, 4) is 0 Å². The van der Waals surface area contributed by atoms with E-state index in [1.165, 1.54) is 0 Å². The summed E-state index contributed by atoms with van der Waals surface area (Å²) in [4.78, 5) is 26.7. The minimum atomic E-state index is -0.338. The summed E-state index contributed by atoms with van der Waals surface area (Å²) in [6, 6.07) is -0.491. The van der Waals surface area contributed by atoms with Crippen molar-refractivity contribution in [2.45, 2.75) is 78.4 Å². The molecular weight excluding hydrogens is 240 g/mol. The van der Waals surface area contributed by atoms with Crippen LogP contribution in [0.4, 0.5) is 0 Å². The van der Waals surface area contributed by atoms with E-state index in [2.05, 4.69) is 26.1 Å². The first-order chi connectivity index (χ1) is 8.92. The van der Waals surface area contributed by atoms with E-state index in [0.717, 1.165) is 25.7 Å². The number of nitrogens with one attached hydrogen (secondary N) is 1. The van der Waals surface area contributed by atoms with Gasteiger partial charge in [-0.25, -0.2) is 0 Å². The maximum Gasteiger partial charge on any atom is 0.246 e. The molecule has 0 spiro atoms. The van der Waals surface area contributed by atoms with E-state index in [0.29, 0.717) is 5.92 Å². The molecule has 1 aliphatic heterocycles. The fourth-order valence-corrected chi connectivity index (χ4v) is 2.69. The molecule has 110 valence electrons. The van der Waals surface area contributed by atoms with Gasteiger partial charge >= 0.3 is 0 Å². The van der Waals surface area contributed by atoms with E-state index in [9.17, 15) is 9.59 Å². The average molecular weight is 268 g/mol. The predicted octanol–water partition coefficient (Wildman–Crippen LogP) is 2.33. The normalized spacial score (nSPS) is 25.7. The first-order valence-corrected chi connectivity index (χ1v) is 7.54. The predicted molar refractivity (Wildman–Crippen MR) is 76.7 cm³/mol. The van der Waals surface area contributed by atoms with Crippen molar-refractivity contribution >= 4 is 11.8 Å². The van der Waals surface area contributed by atoms with Gasteiger partial charge in [-0.2, -0.15) is 0 Å². The van der Waals surface area contributed by atoms with Crippen LogP contribution in [0.15, 0.2) is 0 Å². The first kappa shape index (κ1) is 16.0. The molecule has 1 rings (SSSR count). The van der Waals surface area contributed by atoms with Crippen LogP contribution in [0.3, 0.4) is 0 Å². The van der Waals surface area contributed by atoms with Crippen molar-refractivity contribution in [2.24, 2.45) is 5.92 Å². The van der Waals surface area contributed by atoms with Gasteiger partial charge in [0.1, 0.15) is 12.1 Å². The number of rotatable bonds is 6. The second-order valence-electron chi connectivity index (χ2n) is 6.00.